The average Bonchev–Trinajstić information content (AvgIpc) is 3.05. The molecule has 0 atom stereocenters. The first-order valence-electron chi connectivity index (χ1n) is 7.46. The highest BCUT2D eigenvalue weighted by Gasteiger charge is 2.09. The first-order valence-corrected chi connectivity index (χ1v) is 7.46. The van der Waals surface area contributed by atoms with Gasteiger partial charge in [-0.1, -0.05) is 18.2 Å². The SMILES string of the molecule is O=C(CCc1cnn(-c2ccccc2)c1)Nc1ccc(F)cc1F. The molecule has 0 aliphatic rings. The highest BCUT2D eigenvalue weighted by atomic mass is 19.1. The number of benzene rings is 2. The summed E-state index contributed by atoms with van der Waals surface area (Å²) < 4.78 is 28.1. The third-order valence-electron chi connectivity index (χ3n) is 3.50. The molecular formula is C18H15F2N3O. The molecule has 4 nitrogen and oxygen atoms in total. The summed E-state index contributed by atoms with van der Waals surface area (Å²) in [4.78, 5) is 11.9. The molecule has 1 amide bonds. The number of carbonyl (C=O) groups excluding carboxylic acids is 1. The van der Waals surface area contributed by atoms with Crippen LogP contribution in [0.2, 0.25) is 0 Å². The average molecular weight is 327 g/mol. The number of nitrogens with one attached hydrogen (secondary N) is 1. The van der Waals surface area contributed by atoms with Gasteiger partial charge in [-0.2, -0.15) is 5.10 Å². The van der Waals surface area contributed by atoms with Crippen molar-refractivity contribution in [2.45, 2.75) is 12.8 Å². The molecule has 2 aromatic carbocycles. The predicted molar refractivity (Wildman–Crippen MR) is 86.9 cm³/mol. The highest BCUT2D eigenvalue weighted by Crippen LogP contribution is 2.15. The number of anilines is 1. The van der Waals surface area contributed by atoms with Crippen LogP contribution in [0.15, 0.2) is 60.9 Å². The molecule has 1 aromatic heterocycles. The first kappa shape index (κ1) is 15.9. The lowest BCUT2D eigenvalue weighted by molar-refractivity contribution is -0.116. The van der Waals surface area contributed by atoms with Crippen molar-refractivity contribution in [2.24, 2.45) is 0 Å². The maximum atomic E-state index is 13.5. The molecule has 0 aliphatic heterocycles. The van der Waals surface area contributed by atoms with E-state index >= 15 is 0 Å². The van der Waals surface area contributed by atoms with Gasteiger partial charge in [0.2, 0.25) is 5.91 Å². The Labute approximate surface area is 137 Å². The molecule has 24 heavy (non-hydrogen) atoms. The van der Waals surface area contributed by atoms with Crippen LogP contribution in [0.3, 0.4) is 0 Å². The molecule has 6 heteroatoms. The molecule has 0 fully saturated rings. The summed E-state index contributed by atoms with van der Waals surface area (Å²) in [7, 11) is 0. The van der Waals surface area contributed by atoms with Crippen LogP contribution < -0.4 is 5.32 Å². The van der Waals surface area contributed by atoms with Gasteiger partial charge in [0.05, 0.1) is 17.6 Å². The molecule has 0 spiro atoms. The van der Waals surface area contributed by atoms with E-state index in [9.17, 15) is 13.6 Å². The Morgan fingerprint density at radius 3 is 2.67 bits per heavy atom. The summed E-state index contributed by atoms with van der Waals surface area (Å²) in [5.74, 6) is -1.81. The second kappa shape index (κ2) is 7.04. The van der Waals surface area contributed by atoms with Crippen molar-refractivity contribution < 1.29 is 13.6 Å². The van der Waals surface area contributed by atoms with Gasteiger partial charge in [0.25, 0.3) is 0 Å². The minimum atomic E-state index is -0.791. The number of carbonyl (C=O) groups is 1. The molecule has 0 saturated carbocycles. The normalized spacial score (nSPS) is 10.6. The van der Waals surface area contributed by atoms with E-state index in [1.165, 1.54) is 6.07 Å². The summed E-state index contributed by atoms with van der Waals surface area (Å²) in [6.07, 6.45) is 4.19. The Balaban J connectivity index is 1.58. The van der Waals surface area contributed by atoms with E-state index < -0.39 is 11.6 Å². The van der Waals surface area contributed by atoms with Crippen LogP contribution in [0.5, 0.6) is 0 Å². The Morgan fingerprint density at radius 1 is 1.12 bits per heavy atom. The second-order valence-electron chi connectivity index (χ2n) is 5.30. The molecule has 0 saturated heterocycles. The quantitative estimate of drug-likeness (QED) is 0.776. The van der Waals surface area contributed by atoms with E-state index in [0.29, 0.717) is 6.42 Å². The number of halogens is 2. The number of para-hydroxylation sites is 1. The van der Waals surface area contributed by atoms with E-state index in [4.69, 9.17) is 0 Å². The number of amides is 1. The van der Waals surface area contributed by atoms with E-state index in [-0.39, 0.29) is 18.0 Å². The fraction of sp³-hybridized carbons (Fsp3) is 0.111. The van der Waals surface area contributed by atoms with Gasteiger partial charge in [0, 0.05) is 18.7 Å². The van der Waals surface area contributed by atoms with Crippen LogP contribution in [0.1, 0.15) is 12.0 Å². The number of rotatable bonds is 5. The van der Waals surface area contributed by atoms with Crippen LogP contribution in [0.25, 0.3) is 5.69 Å². The Kier molecular flexibility index (Phi) is 4.65. The van der Waals surface area contributed by atoms with Crippen molar-refractivity contribution in [1.29, 1.82) is 0 Å². The number of nitrogens with zero attached hydrogens (tertiary/aromatic N) is 2. The number of aromatic nitrogens is 2. The zero-order chi connectivity index (χ0) is 16.9. The van der Waals surface area contributed by atoms with Crippen molar-refractivity contribution in [3.63, 3.8) is 0 Å². The van der Waals surface area contributed by atoms with Gasteiger partial charge in [-0.25, -0.2) is 13.5 Å². The summed E-state index contributed by atoms with van der Waals surface area (Å²) in [6, 6.07) is 12.7. The summed E-state index contributed by atoms with van der Waals surface area (Å²) in [6.45, 7) is 0. The molecule has 0 bridgehead atoms. The van der Waals surface area contributed by atoms with Crippen LogP contribution in [0.4, 0.5) is 14.5 Å². The highest BCUT2D eigenvalue weighted by molar-refractivity contribution is 5.90. The van der Waals surface area contributed by atoms with Gasteiger partial charge >= 0.3 is 0 Å². The van der Waals surface area contributed by atoms with Gasteiger partial charge in [-0.15, -0.1) is 0 Å². The molecule has 3 rings (SSSR count). The van der Waals surface area contributed by atoms with Crippen molar-refractivity contribution in [1.82, 2.24) is 9.78 Å². The maximum Gasteiger partial charge on any atom is 0.224 e. The molecule has 0 radical (unpaired) electrons. The van der Waals surface area contributed by atoms with Crippen LogP contribution in [-0.4, -0.2) is 15.7 Å². The van der Waals surface area contributed by atoms with E-state index in [2.05, 4.69) is 10.4 Å². The lowest BCUT2D eigenvalue weighted by atomic mass is 10.2. The molecule has 122 valence electrons. The summed E-state index contributed by atoms with van der Waals surface area (Å²) in [5.41, 5.74) is 1.80. The van der Waals surface area contributed by atoms with E-state index in [1.807, 2.05) is 36.5 Å². The van der Waals surface area contributed by atoms with Gasteiger partial charge in [0.15, 0.2) is 0 Å². The standard InChI is InChI=1S/C18H15F2N3O/c19-14-7-8-17(16(20)10-14)22-18(24)9-6-13-11-21-23(12-13)15-4-2-1-3-5-15/h1-5,7-8,10-12H,6,9H2,(H,22,24). The predicted octanol–water partition coefficient (Wildman–Crippen LogP) is 3.72. The fourth-order valence-corrected chi connectivity index (χ4v) is 2.27. The largest absolute Gasteiger partial charge is 0.324 e. The topological polar surface area (TPSA) is 46.9 Å². The number of aryl methyl sites for hydroxylation is 1. The molecule has 3 aromatic rings. The van der Waals surface area contributed by atoms with E-state index in [1.54, 1.807) is 10.9 Å². The Hall–Kier alpha value is -3.02. The van der Waals surface area contributed by atoms with Gasteiger partial charge in [-0.05, 0) is 36.2 Å². The minimum absolute atomic E-state index is 0.0265. The van der Waals surface area contributed by atoms with Crippen LogP contribution >= 0.6 is 0 Å². The number of hydrogen-bond donors (Lipinski definition) is 1. The zero-order valence-electron chi connectivity index (χ0n) is 12.7. The van der Waals surface area contributed by atoms with Crippen molar-refractivity contribution in [3.8, 4) is 5.69 Å². The van der Waals surface area contributed by atoms with Crippen LogP contribution in [-0.2, 0) is 11.2 Å². The van der Waals surface area contributed by atoms with Crippen LogP contribution in [0, 0.1) is 11.6 Å². The second-order valence-corrected chi connectivity index (χ2v) is 5.30. The molecular weight excluding hydrogens is 312 g/mol. The third kappa shape index (κ3) is 3.84. The Morgan fingerprint density at radius 2 is 1.92 bits per heavy atom. The first-order chi connectivity index (χ1) is 11.6. The smallest absolute Gasteiger partial charge is 0.224 e. The summed E-state index contributed by atoms with van der Waals surface area (Å²) >= 11 is 0. The summed E-state index contributed by atoms with van der Waals surface area (Å²) in [5, 5.41) is 6.69. The fourth-order valence-electron chi connectivity index (χ4n) is 2.27. The molecule has 1 N–H and O–H groups in total. The van der Waals surface area contributed by atoms with Gasteiger partial charge < -0.3 is 5.32 Å². The zero-order valence-corrected chi connectivity index (χ0v) is 12.7. The van der Waals surface area contributed by atoms with Gasteiger partial charge in [-0.3, -0.25) is 4.79 Å². The van der Waals surface area contributed by atoms with Crippen molar-refractivity contribution in [3.05, 3.63) is 78.1 Å². The molecule has 1 heterocycles. The molecule has 0 unspecified atom stereocenters. The number of hydrogen-bond acceptors (Lipinski definition) is 2. The lowest BCUT2D eigenvalue weighted by Gasteiger charge is -2.05. The third-order valence-corrected chi connectivity index (χ3v) is 3.50. The van der Waals surface area contributed by atoms with E-state index in [0.717, 1.165) is 23.4 Å². The van der Waals surface area contributed by atoms with Crippen molar-refractivity contribution >= 4 is 11.6 Å². The molecule has 0 aliphatic carbocycles. The monoisotopic (exact) mass is 327 g/mol. The van der Waals surface area contributed by atoms with Crippen molar-refractivity contribution in [2.75, 3.05) is 5.32 Å². The maximum absolute atomic E-state index is 13.5. The van der Waals surface area contributed by atoms with Gasteiger partial charge in [0.1, 0.15) is 11.6 Å². The lowest BCUT2D eigenvalue weighted by Crippen LogP contribution is -2.13. The minimum Gasteiger partial charge on any atom is -0.324 e. The Bertz CT molecular complexity index is 846.